The highest BCUT2D eigenvalue weighted by molar-refractivity contribution is 4.73. The third kappa shape index (κ3) is 2.67. The van der Waals surface area contributed by atoms with Crippen molar-refractivity contribution in [3.8, 4) is 0 Å². The number of hydrogen-bond acceptors (Lipinski definition) is 2. The van der Waals surface area contributed by atoms with E-state index >= 15 is 0 Å². The molecule has 1 saturated carbocycles. The van der Waals surface area contributed by atoms with Gasteiger partial charge in [0.2, 0.25) is 0 Å². The Morgan fingerprint density at radius 2 is 2.10 bits per heavy atom. The monoisotopic (exact) mass is 144 g/mol. The molecule has 1 N–H and O–H groups in total. The Bertz CT molecular complexity index is 97.4. The van der Waals surface area contributed by atoms with Crippen LogP contribution in [0.4, 0.5) is 0 Å². The molecule has 0 aromatic rings. The average Bonchev–Trinajstić information content (AvgIpc) is 2.64. The highest BCUT2D eigenvalue weighted by Crippen LogP contribution is 2.29. The van der Waals surface area contributed by atoms with Crippen molar-refractivity contribution in [3.05, 3.63) is 0 Å². The fraction of sp³-hybridized carbons (Fsp3) is 1.00. The fourth-order valence-corrected chi connectivity index (χ4v) is 0.712. The van der Waals surface area contributed by atoms with Gasteiger partial charge in [-0.3, -0.25) is 0 Å². The van der Waals surface area contributed by atoms with Gasteiger partial charge >= 0.3 is 0 Å². The fourth-order valence-electron chi connectivity index (χ4n) is 0.712. The van der Waals surface area contributed by atoms with Crippen LogP contribution < -0.4 is 0 Å². The maximum Gasteiger partial charge on any atom is 0.0803 e. The molecule has 0 saturated heterocycles. The third-order valence-corrected chi connectivity index (χ3v) is 1.97. The summed E-state index contributed by atoms with van der Waals surface area (Å²) in [6.45, 7) is 4.51. The first-order chi connectivity index (χ1) is 4.70. The Hall–Kier alpha value is -0.0800. The van der Waals surface area contributed by atoms with Gasteiger partial charge in [0.15, 0.2) is 0 Å². The van der Waals surface area contributed by atoms with Crippen molar-refractivity contribution in [1.29, 1.82) is 0 Å². The van der Waals surface area contributed by atoms with Crippen molar-refractivity contribution in [2.24, 2.45) is 5.92 Å². The number of aliphatic hydroxyl groups excluding tert-OH is 1. The molecular weight excluding hydrogens is 128 g/mol. The maximum absolute atomic E-state index is 9.03. The summed E-state index contributed by atoms with van der Waals surface area (Å²) in [5.74, 6) is 0.793. The lowest BCUT2D eigenvalue weighted by molar-refractivity contribution is -0.0222. The zero-order chi connectivity index (χ0) is 7.56. The summed E-state index contributed by atoms with van der Waals surface area (Å²) in [5.41, 5.74) is 0. The van der Waals surface area contributed by atoms with Gasteiger partial charge in [-0.25, -0.2) is 0 Å². The van der Waals surface area contributed by atoms with Crippen LogP contribution >= 0.6 is 0 Å². The van der Waals surface area contributed by atoms with Gasteiger partial charge in [0.1, 0.15) is 0 Å². The molecule has 60 valence electrons. The topological polar surface area (TPSA) is 29.5 Å². The average molecular weight is 144 g/mol. The summed E-state index contributed by atoms with van der Waals surface area (Å²) in [4.78, 5) is 0. The molecule has 0 aromatic heterocycles. The van der Waals surface area contributed by atoms with Crippen LogP contribution in [0.15, 0.2) is 0 Å². The van der Waals surface area contributed by atoms with E-state index in [0.717, 1.165) is 12.5 Å². The summed E-state index contributed by atoms with van der Waals surface area (Å²) in [6.07, 6.45) is 2.29. The highest BCUT2D eigenvalue weighted by atomic mass is 16.5. The van der Waals surface area contributed by atoms with E-state index < -0.39 is 0 Å². The van der Waals surface area contributed by atoms with Crippen LogP contribution in [-0.2, 0) is 4.74 Å². The van der Waals surface area contributed by atoms with E-state index in [9.17, 15) is 0 Å². The number of rotatable bonds is 4. The second-order valence-corrected chi connectivity index (χ2v) is 3.22. The zero-order valence-electron chi connectivity index (χ0n) is 6.71. The van der Waals surface area contributed by atoms with Crippen LogP contribution in [0.3, 0.4) is 0 Å². The Morgan fingerprint density at radius 3 is 2.50 bits per heavy atom. The van der Waals surface area contributed by atoms with E-state index in [1.807, 2.05) is 6.92 Å². The Kier molecular flexibility index (Phi) is 2.69. The molecule has 0 aromatic carbocycles. The van der Waals surface area contributed by atoms with Gasteiger partial charge in [-0.15, -0.1) is 0 Å². The normalized spacial score (nSPS) is 24.3. The van der Waals surface area contributed by atoms with E-state index in [1.165, 1.54) is 12.8 Å². The molecule has 1 fully saturated rings. The molecule has 0 spiro atoms. The lowest BCUT2D eigenvalue weighted by atomic mass is 10.2. The number of aliphatic hydroxyl groups is 1. The van der Waals surface area contributed by atoms with Gasteiger partial charge in [-0.05, 0) is 32.6 Å². The highest BCUT2D eigenvalue weighted by Gasteiger charge is 2.22. The smallest absolute Gasteiger partial charge is 0.0803 e. The summed E-state index contributed by atoms with van der Waals surface area (Å²) >= 11 is 0. The van der Waals surface area contributed by atoms with Crippen LogP contribution in [0.25, 0.3) is 0 Å². The van der Waals surface area contributed by atoms with E-state index in [0.29, 0.717) is 0 Å². The molecule has 2 nitrogen and oxygen atoms in total. The van der Waals surface area contributed by atoms with Crippen LogP contribution in [0.2, 0.25) is 0 Å². The standard InChI is InChI=1S/C8H16O2/c1-6(9)7(2)10-5-8-3-4-8/h6-9H,3-5H2,1-2H3/t6-,7?/m0/s1. The minimum Gasteiger partial charge on any atom is -0.391 e. The van der Waals surface area contributed by atoms with Gasteiger partial charge in [0.25, 0.3) is 0 Å². The Balaban J connectivity index is 1.99. The van der Waals surface area contributed by atoms with Crippen molar-refractivity contribution in [2.45, 2.75) is 38.9 Å². The number of ether oxygens (including phenoxy) is 1. The molecule has 1 aliphatic carbocycles. The first-order valence-corrected chi connectivity index (χ1v) is 4.00. The van der Waals surface area contributed by atoms with Crippen molar-refractivity contribution in [3.63, 3.8) is 0 Å². The predicted molar refractivity (Wildman–Crippen MR) is 39.8 cm³/mol. The molecule has 0 aliphatic heterocycles. The van der Waals surface area contributed by atoms with E-state index in [2.05, 4.69) is 0 Å². The molecule has 0 bridgehead atoms. The minimum atomic E-state index is -0.334. The van der Waals surface area contributed by atoms with Crippen molar-refractivity contribution >= 4 is 0 Å². The van der Waals surface area contributed by atoms with E-state index in [4.69, 9.17) is 9.84 Å². The van der Waals surface area contributed by atoms with Crippen LogP contribution in [0, 0.1) is 5.92 Å². The molecule has 0 amide bonds. The molecule has 1 unspecified atom stereocenters. The Morgan fingerprint density at radius 1 is 1.50 bits per heavy atom. The van der Waals surface area contributed by atoms with E-state index in [-0.39, 0.29) is 12.2 Å². The van der Waals surface area contributed by atoms with Gasteiger partial charge in [-0.2, -0.15) is 0 Å². The molecular formula is C8H16O2. The SMILES string of the molecule is CC(OCC1CC1)[C@H](C)O. The summed E-state index contributed by atoms with van der Waals surface area (Å²) in [7, 11) is 0. The molecule has 2 heteroatoms. The van der Waals surface area contributed by atoms with Crippen molar-refractivity contribution in [1.82, 2.24) is 0 Å². The third-order valence-electron chi connectivity index (χ3n) is 1.97. The molecule has 10 heavy (non-hydrogen) atoms. The molecule has 0 radical (unpaired) electrons. The summed E-state index contributed by atoms with van der Waals surface area (Å²) < 4.78 is 5.38. The van der Waals surface area contributed by atoms with Crippen LogP contribution in [0.1, 0.15) is 26.7 Å². The first-order valence-electron chi connectivity index (χ1n) is 4.00. The second-order valence-electron chi connectivity index (χ2n) is 3.22. The van der Waals surface area contributed by atoms with Crippen molar-refractivity contribution < 1.29 is 9.84 Å². The van der Waals surface area contributed by atoms with Crippen LogP contribution in [-0.4, -0.2) is 23.9 Å². The predicted octanol–water partition coefficient (Wildman–Crippen LogP) is 1.18. The quantitative estimate of drug-likeness (QED) is 0.642. The molecule has 2 atom stereocenters. The molecule has 1 rings (SSSR count). The first kappa shape index (κ1) is 8.02. The lowest BCUT2D eigenvalue weighted by Crippen LogP contribution is -2.23. The second kappa shape index (κ2) is 3.35. The maximum atomic E-state index is 9.03. The van der Waals surface area contributed by atoms with E-state index in [1.54, 1.807) is 6.92 Å². The minimum absolute atomic E-state index is 0.000556. The van der Waals surface area contributed by atoms with Gasteiger partial charge in [-0.1, -0.05) is 0 Å². The molecule has 0 heterocycles. The van der Waals surface area contributed by atoms with Gasteiger partial charge in [0.05, 0.1) is 12.2 Å². The summed E-state index contributed by atoms with van der Waals surface area (Å²) in [5, 5.41) is 9.03. The zero-order valence-corrected chi connectivity index (χ0v) is 6.71. The van der Waals surface area contributed by atoms with Crippen LogP contribution in [0.5, 0.6) is 0 Å². The lowest BCUT2D eigenvalue weighted by Gasteiger charge is -2.14. The van der Waals surface area contributed by atoms with Gasteiger partial charge < -0.3 is 9.84 Å². The van der Waals surface area contributed by atoms with Crippen molar-refractivity contribution in [2.75, 3.05) is 6.61 Å². The number of hydrogen-bond donors (Lipinski definition) is 1. The largest absolute Gasteiger partial charge is 0.391 e. The Labute approximate surface area is 62.2 Å². The van der Waals surface area contributed by atoms with Gasteiger partial charge in [0, 0.05) is 6.61 Å². The summed E-state index contributed by atoms with van der Waals surface area (Å²) in [6, 6.07) is 0. The molecule has 1 aliphatic rings.